The van der Waals surface area contributed by atoms with Gasteiger partial charge in [-0.3, -0.25) is 14.5 Å². The minimum absolute atomic E-state index is 0.173. The summed E-state index contributed by atoms with van der Waals surface area (Å²) in [6.45, 7) is 3.61. The van der Waals surface area contributed by atoms with Crippen LogP contribution in [0.4, 0.5) is 4.79 Å². The second-order valence-electron chi connectivity index (χ2n) is 5.10. The number of rotatable bonds is 5. The number of amides is 2. The fourth-order valence-electron chi connectivity index (χ4n) is 2.26. The average Bonchev–Trinajstić information content (AvgIpc) is 2.80. The van der Waals surface area contributed by atoms with Crippen LogP contribution in [0, 0.1) is 0 Å². The van der Waals surface area contributed by atoms with Gasteiger partial charge in [0.15, 0.2) is 11.5 Å². The molecule has 0 unspecified atom stereocenters. The van der Waals surface area contributed by atoms with Crippen LogP contribution in [0.2, 0.25) is 0 Å². The first kappa shape index (κ1) is 17.2. The van der Waals surface area contributed by atoms with Crippen molar-refractivity contribution in [2.24, 2.45) is 0 Å². The fraction of sp³-hybridized carbons (Fsp3) is 0.375. The van der Waals surface area contributed by atoms with Gasteiger partial charge in [-0.1, -0.05) is 0 Å². The molecule has 0 saturated carbocycles. The summed E-state index contributed by atoms with van der Waals surface area (Å²) in [5, 5.41) is -0.260. The van der Waals surface area contributed by atoms with Crippen molar-refractivity contribution < 1.29 is 23.8 Å². The Hall–Kier alpha value is -2.15. The van der Waals surface area contributed by atoms with Gasteiger partial charge in [-0.05, 0) is 49.4 Å². The van der Waals surface area contributed by atoms with Crippen LogP contribution in [0.5, 0.6) is 17.2 Å². The summed E-state index contributed by atoms with van der Waals surface area (Å²) in [7, 11) is 4.56. The summed E-state index contributed by atoms with van der Waals surface area (Å²) in [5.41, 5.74) is 0.689. The molecule has 6 nitrogen and oxygen atoms in total. The quantitative estimate of drug-likeness (QED) is 0.769. The molecule has 1 aliphatic rings. The molecule has 0 atom stereocenters. The molecule has 1 aliphatic heterocycles. The maximum atomic E-state index is 12.3. The molecule has 1 aromatic carbocycles. The van der Waals surface area contributed by atoms with Gasteiger partial charge in [-0.15, -0.1) is 0 Å². The average molecular weight is 337 g/mol. The van der Waals surface area contributed by atoms with Gasteiger partial charge in [-0.2, -0.15) is 0 Å². The highest BCUT2D eigenvalue weighted by Crippen LogP contribution is 2.40. The largest absolute Gasteiger partial charge is 0.493 e. The van der Waals surface area contributed by atoms with E-state index in [0.717, 1.165) is 11.8 Å². The number of ether oxygens (including phenoxy) is 3. The van der Waals surface area contributed by atoms with Gasteiger partial charge in [0, 0.05) is 6.04 Å². The molecule has 1 aromatic rings. The lowest BCUT2D eigenvalue weighted by molar-refractivity contribution is -0.123. The summed E-state index contributed by atoms with van der Waals surface area (Å²) in [4.78, 5) is 25.9. The molecule has 0 spiro atoms. The molecule has 1 heterocycles. The van der Waals surface area contributed by atoms with Crippen molar-refractivity contribution in [1.29, 1.82) is 0 Å². The second kappa shape index (κ2) is 6.95. The van der Waals surface area contributed by atoms with E-state index >= 15 is 0 Å². The molecule has 0 bridgehead atoms. The summed E-state index contributed by atoms with van der Waals surface area (Å²) < 4.78 is 15.8. The monoisotopic (exact) mass is 337 g/mol. The van der Waals surface area contributed by atoms with Gasteiger partial charge in [0.05, 0.1) is 26.2 Å². The van der Waals surface area contributed by atoms with E-state index in [1.54, 1.807) is 32.1 Å². The van der Waals surface area contributed by atoms with Gasteiger partial charge in [0.2, 0.25) is 5.75 Å². The summed E-state index contributed by atoms with van der Waals surface area (Å²) in [6.07, 6.45) is 1.65. The lowest BCUT2D eigenvalue weighted by Gasteiger charge is -2.16. The molecule has 7 heteroatoms. The maximum absolute atomic E-state index is 12.3. The molecule has 1 fully saturated rings. The topological polar surface area (TPSA) is 65.1 Å². The predicted molar refractivity (Wildman–Crippen MR) is 89.0 cm³/mol. The van der Waals surface area contributed by atoms with Crippen LogP contribution in [-0.4, -0.2) is 43.4 Å². The van der Waals surface area contributed by atoms with E-state index in [4.69, 9.17) is 14.2 Å². The lowest BCUT2D eigenvalue weighted by Crippen LogP contribution is -2.34. The Labute approximate surface area is 139 Å². The first-order valence-corrected chi connectivity index (χ1v) is 7.81. The number of hydrogen-bond acceptors (Lipinski definition) is 6. The molecule has 23 heavy (non-hydrogen) atoms. The second-order valence-corrected chi connectivity index (χ2v) is 6.10. The number of carbonyl (C=O) groups excluding carboxylic acids is 2. The Morgan fingerprint density at radius 1 is 1.04 bits per heavy atom. The van der Waals surface area contributed by atoms with E-state index in [9.17, 15) is 9.59 Å². The summed E-state index contributed by atoms with van der Waals surface area (Å²) in [6, 6.07) is 3.28. The zero-order chi connectivity index (χ0) is 17.1. The molecule has 0 aliphatic carbocycles. The number of carbonyl (C=O) groups is 2. The Kier molecular flexibility index (Phi) is 5.20. The summed E-state index contributed by atoms with van der Waals surface area (Å²) in [5.74, 6) is 1.16. The van der Waals surface area contributed by atoms with Gasteiger partial charge in [0.1, 0.15) is 0 Å². The number of hydrogen-bond donors (Lipinski definition) is 0. The van der Waals surface area contributed by atoms with Gasteiger partial charge in [0.25, 0.3) is 11.1 Å². The zero-order valence-corrected chi connectivity index (χ0v) is 14.5. The standard InChI is InChI=1S/C16H19NO5S/c1-9(2)17-15(18)13(23-16(17)19)8-10-6-11(20-3)14(22-5)12(7-10)21-4/h6-9H,1-5H3/b13-8+. The van der Waals surface area contributed by atoms with Crippen molar-refractivity contribution in [2.45, 2.75) is 19.9 Å². The van der Waals surface area contributed by atoms with Crippen molar-refractivity contribution in [3.63, 3.8) is 0 Å². The van der Waals surface area contributed by atoms with Crippen LogP contribution < -0.4 is 14.2 Å². The van der Waals surface area contributed by atoms with Crippen LogP contribution in [0.1, 0.15) is 19.4 Å². The van der Waals surface area contributed by atoms with Gasteiger partial charge >= 0.3 is 0 Å². The molecule has 0 aromatic heterocycles. The highest BCUT2D eigenvalue weighted by molar-refractivity contribution is 8.18. The third-order valence-corrected chi connectivity index (χ3v) is 4.21. The van der Waals surface area contributed by atoms with Crippen LogP contribution in [0.25, 0.3) is 6.08 Å². The van der Waals surface area contributed by atoms with Crippen LogP contribution in [-0.2, 0) is 4.79 Å². The first-order valence-electron chi connectivity index (χ1n) is 7.00. The Morgan fingerprint density at radius 3 is 2.00 bits per heavy atom. The normalized spacial score (nSPS) is 16.4. The van der Waals surface area contributed by atoms with E-state index in [0.29, 0.717) is 27.7 Å². The first-order chi connectivity index (χ1) is 10.9. The van der Waals surface area contributed by atoms with E-state index < -0.39 is 0 Å². The van der Waals surface area contributed by atoms with Crippen molar-refractivity contribution in [3.8, 4) is 17.2 Å². The number of benzene rings is 1. The van der Waals surface area contributed by atoms with E-state index in [-0.39, 0.29) is 17.2 Å². The van der Waals surface area contributed by atoms with Gasteiger partial charge in [-0.25, -0.2) is 0 Å². The van der Waals surface area contributed by atoms with Crippen LogP contribution in [0.3, 0.4) is 0 Å². The van der Waals surface area contributed by atoms with E-state index in [2.05, 4.69) is 0 Å². The molecule has 124 valence electrons. The smallest absolute Gasteiger partial charge is 0.293 e. The highest BCUT2D eigenvalue weighted by atomic mass is 32.2. The predicted octanol–water partition coefficient (Wildman–Crippen LogP) is 3.16. The number of imide groups is 1. The molecule has 2 rings (SSSR count). The zero-order valence-electron chi connectivity index (χ0n) is 13.7. The molecular weight excluding hydrogens is 318 g/mol. The van der Waals surface area contributed by atoms with Crippen molar-refractivity contribution in [1.82, 2.24) is 4.90 Å². The van der Waals surface area contributed by atoms with Gasteiger partial charge < -0.3 is 14.2 Å². The molecule has 2 amide bonds. The maximum Gasteiger partial charge on any atom is 0.293 e. The Balaban J connectivity index is 2.44. The Bertz CT molecular complexity index is 643. The molecule has 0 radical (unpaired) electrons. The number of nitrogens with zero attached hydrogens (tertiary/aromatic N) is 1. The minimum Gasteiger partial charge on any atom is -0.493 e. The molecular formula is C16H19NO5S. The van der Waals surface area contributed by atoms with Crippen LogP contribution >= 0.6 is 11.8 Å². The SMILES string of the molecule is COc1cc(/C=C2/SC(=O)N(C(C)C)C2=O)cc(OC)c1OC. The highest BCUT2D eigenvalue weighted by Gasteiger charge is 2.36. The van der Waals surface area contributed by atoms with E-state index in [1.807, 2.05) is 0 Å². The fourth-order valence-corrected chi connectivity index (χ4v) is 3.22. The van der Waals surface area contributed by atoms with Crippen molar-refractivity contribution >= 4 is 29.0 Å². The number of thioether (sulfide) groups is 1. The Morgan fingerprint density at radius 2 is 1.61 bits per heavy atom. The third-order valence-electron chi connectivity index (χ3n) is 3.32. The molecule has 1 saturated heterocycles. The summed E-state index contributed by atoms with van der Waals surface area (Å²) >= 11 is 0.927. The van der Waals surface area contributed by atoms with Crippen LogP contribution in [0.15, 0.2) is 17.0 Å². The minimum atomic E-state index is -0.288. The third kappa shape index (κ3) is 3.29. The lowest BCUT2D eigenvalue weighted by atomic mass is 10.1. The van der Waals surface area contributed by atoms with Crippen molar-refractivity contribution in [2.75, 3.05) is 21.3 Å². The molecule has 0 N–H and O–H groups in total. The van der Waals surface area contributed by atoms with Crippen molar-refractivity contribution in [3.05, 3.63) is 22.6 Å². The number of methoxy groups -OCH3 is 3. The van der Waals surface area contributed by atoms with E-state index in [1.165, 1.54) is 26.2 Å².